The molecular formula is C16H13F2N3O2. The molecule has 1 heterocycles. The molecule has 5 nitrogen and oxygen atoms in total. The van der Waals surface area contributed by atoms with Crippen LogP contribution in [0, 0.1) is 11.6 Å². The molecule has 0 saturated heterocycles. The fraction of sp³-hybridized carbons (Fsp3) is 0.125. The van der Waals surface area contributed by atoms with Gasteiger partial charge in [-0.25, -0.2) is 13.8 Å². The zero-order valence-electron chi connectivity index (χ0n) is 12.0. The Labute approximate surface area is 130 Å². The molecule has 23 heavy (non-hydrogen) atoms. The Morgan fingerprint density at radius 1 is 1.22 bits per heavy atom. The first-order chi connectivity index (χ1) is 11.1. The van der Waals surface area contributed by atoms with Crippen molar-refractivity contribution in [2.75, 3.05) is 6.61 Å². The van der Waals surface area contributed by atoms with Crippen LogP contribution in [0.2, 0.25) is 0 Å². The van der Waals surface area contributed by atoms with Gasteiger partial charge >= 0.3 is 0 Å². The lowest BCUT2D eigenvalue weighted by Crippen LogP contribution is -2.28. The highest BCUT2D eigenvalue weighted by Gasteiger charge is 2.09. The van der Waals surface area contributed by atoms with Crippen molar-refractivity contribution < 1.29 is 18.3 Å². The van der Waals surface area contributed by atoms with Gasteiger partial charge < -0.3 is 15.0 Å². The predicted octanol–water partition coefficient (Wildman–Crippen LogP) is 2.54. The molecule has 0 saturated carbocycles. The third-order valence-corrected chi connectivity index (χ3v) is 3.14. The summed E-state index contributed by atoms with van der Waals surface area (Å²) in [7, 11) is 0. The third kappa shape index (κ3) is 3.63. The molecule has 0 atom stereocenters. The van der Waals surface area contributed by atoms with Crippen molar-refractivity contribution in [2.24, 2.45) is 0 Å². The maximum Gasteiger partial charge on any atom is 0.258 e. The number of ether oxygens (including phenoxy) is 1. The van der Waals surface area contributed by atoms with Gasteiger partial charge in [0.25, 0.3) is 5.91 Å². The van der Waals surface area contributed by atoms with Gasteiger partial charge in [0, 0.05) is 6.07 Å². The molecule has 0 bridgehead atoms. The molecule has 0 spiro atoms. The van der Waals surface area contributed by atoms with E-state index in [0.717, 1.165) is 23.2 Å². The number of hydrogen-bond donors (Lipinski definition) is 2. The smallest absolute Gasteiger partial charge is 0.258 e. The van der Waals surface area contributed by atoms with Gasteiger partial charge in [-0.3, -0.25) is 4.79 Å². The number of hydrogen-bond acceptors (Lipinski definition) is 3. The Morgan fingerprint density at radius 2 is 2.04 bits per heavy atom. The number of carbonyl (C=O) groups is 1. The molecule has 3 rings (SSSR count). The van der Waals surface area contributed by atoms with E-state index in [2.05, 4.69) is 15.3 Å². The van der Waals surface area contributed by atoms with E-state index in [1.807, 2.05) is 24.3 Å². The van der Waals surface area contributed by atoms with E-state index in [0.29, 0.717) is 11.9 Å². The monoisotopic (exact) mass is 317 g/mol. The highest BCUT2D eigenvalue weighted by molar-refractivity contribution is 5.78. The van der Waals surface area contributed by atoms with Crippen LogP contribution in [-0.4, -0.2) is 22.5 Å². The quantitative estimate of drug-likeness (QED) is 0.760. The van der Waals surface area contributed by atoms with Gasteiger partial charge in [-0.2, -0.15) is 0 Å². The van der Waals surface area contributed by atoms with Gasteiger partial charge in [0.2, 0.25) is 0 Å². The van der Waals surface area contributed by atoms with Crippen LogP contribution in [-0.2, 0) is 11.3 Å². The second-order valence-corrected chi connectivity index (χ2v) is 4.84. The molecule has 1 amide bonds. The Balaban J connectivity index is 1.53. The van der Waals surface area contributed by atoms with Gasteiger partial charge in [0.1, 0.15) is 11.6 Å². The topological polar surface area (TPSA) is 67.0 Å². The van der Waals surface area contributed by atoms with E-state index in [9.17, 15) is 13.6 Å². The van der Waals surface area contributed by atoms with Gasteiger partial charge in [-0.1, -0.05) is 12.1 Å². The van der Waals surface area contributed by atoms with E-state index in [1.165, 1.54) is 0 Å². The Morgan fingerprint density at radius 3 is 2.83 bits per heavy atom. The Hall–Kier alpha value is -2.96. The normalized spacial score (nSPS) is 10.7. The number of para-hydroxylation sites is 2. The molecule has 2 N–H and O–H groups in total. The lowest BCUT2D eigenvalue weighted by molar-refractivity contribution is -0.123. The van der Waals surface area contributed by atoms with Crippen LogP contribution < -0.4 is 10.1 Å². The summed E-state index contributed by atoms with van der Waals surface area (Å²) in [4.78, 5) is 19.1. The van der Waals surface area contributed by atoms with Crippen LogP contribution in [0.25, 0.3) is 11.0 Å². The number of halogens is 2. The molecule has 1 aromatic heterocycles. The molecular weight excluding hydrogens is 304 g/mol. The molecule has 0 fully saturated rings. The van der Waals surface area contributed by atoms with E-state index in [1.54, 1.807) is 0 Å². The molecule has 118 valence electrons. The van der Waals surface area contributed by atoms with E-state index in [4.69, 9.17) is 4.74 Å². The van der Waals surface area contributed by atoms with Crippen LogP contribution in [0.15, 0.2) is 42.5 Å². The molecule has 3 aromatic rings. The van der Waals surface area contributed by atoms with E-state index >= 15 is 0 Å². The number of nitrogens with one attached hydrogen (secondary N) is 2. The summed E-state index contributed by atoms with van der Waals surface area (Å²) in [6.07, 6.45) is 0. The number of H-pyrrole nitrogens is 1. The average molecular weight is 317 g/mol. The van der Waals surface area contributed by atoms with Crippen molar-refractivity contribution in [1.82, 2.24) is 15.3 Å². The number of aromatic nitrogens is 2. The summed E-state index contributed by atoms with van der Waals surface area (Å²) in [5.41, 5.74) is 1.68. The molecule has 2 aromatic carbocycles. The number of rotatable bonds is 5. The fourth-order valence-corrected chi connectivity index (χ4v) is 2.06. The summed E-state index contributed by atoms with van der Waals surface area (Å²) in [5, 5.41) is 2.61. The van der Waals surface area contributed by atoms with Crippen molar-refractivity contribution in [3.05, 3.63) is 59.9 Å². The molecule has 0 aliphatic rings. The minimum Gasteiger partial charge on any atom is -0.481 e. The first kappa shape index (κ1) is 15.0. The standard InChI is InChI=1S/C16H13F2N3O2/c17-10-5-6-14(11(18)7-10)23-9-16(22)19-8-15-20-12-3-1-2-4-13(12)21-15/h1-7H,8-9H2,(H,19,22)(H,20,21). The van der Waals surface area contributed by atoms with E-state index < -0.39 is 17.5 Å². The second kappa shape index (κ2) is 6.43. The first-order valence-corrected chi connectivity index (χ1v) is 6.90. The number of nitrogens with zero attached hydrogens (tertiary/aromatic N) is 1. The largest absolute Gasteiger partial charge is 0.481 e. The molecule has 0 aliphatic heterocycles. The summed E-state index contributed by atoms with van der Waals surface area (Å²) in [5.74, 6) is -1.56. The molecule has 7 heteroatoms. The minimum absolute atomic E-state index is 0.176. The summed E-state index contributed by atoms with van der Waals surface area (Å²) in [6, 6.07) is 10.4. The zero-order valence-corrected chi connectivity index (χ0v) is 12.0. The summed E-state index contributed by atoms with van der Waals surface area (Å²) in [6.45, 7) is -0.175. The van der Waals surface area contributed by atoms with Crippen molar-refractivity contribution in [3.8, 4) is 5.75 Å². The van der Waals surface area contributed by atoms with Crippen LogP contribution in [0.1, 0.15) is 5.82 Å². The van der Waals surface area contributed by atoms with Gasteiger partial charge in [0.05, 0.1) is 17.6 Å². The highest BCUT2D eigenvalue weighted by atomic mass is 19.1. The number of carbonyl (C=O) groups excluding carboxylic acids is 1. The molecule has 0 radical (unpaired) electrons. The molecule has 0 unspecified atom stereocenters. The number of imidazole rings is 1. The van der Waals surface area contributed by atoms with Crippen molar-refractivity contribution in [3.63, 3.8) is 0 Å². The van der Waals surface area contributed by atoms with Crippen molar-refractivity contribution >= 4 is 16.9 Å². The summed E-state index contributed by atoms with van der Waals surface area (Å²) < 4.78 is 31.1. The fourth-order valence-electron chi connectivity index (χ4n) is 2.06. The third-order valence-electron chi connectivity index (χ3n) is 3.14. The van der Waals surface area contributed by atoms with Crippen LogP contribution in [0.3, 0.4) is 0 Å². The predicted molar refractivity (Wildman–Crippen MR) is 79.8 cm³/mol. The number of aromatic amines is 1. The SMILES string of the molecule is O=C(COc1ccc(F)cc1F)NCc1nc2ccccc2[nH]1. The summed E-state index contributed by atoms with van der Waals surface area (Å²) >= 11 is 0. The Bertz CT molecular complexity index is 815. The van der Waals surface area contributed by atoms with Gasteiger partial charge in [-0.05, 0) is 24.3 Å². The lowest BCUT2D eigenvalue weighted by atomic mass is 10.3. The van der Waals surface area contributed by atoms with Crippen molar-refractivity contribution in [2.45, 2.75) is 6.54 Å². The van der Waals surface area contributed by atoms with Gasteiger partial charge in [-0.15, -0.1) is 0 Å². The van der Waals surface area contributed by atoms with Crippen molar-refractivity contribution in [1.29, 1.82) is 0 Å². The first-order valence-electron chi connectivity index (χ1n) is 6.90. The average Bonchev–Trinajstić information content (AvgIpc) is 2.95. The maximum absolute atomic E-state index is 13.4. The zero-order chi connectivity index (χ0) is 16.2. The van der Waals surface area contributed by atoms with Gasteiger partial charge in [0.15, 0.2) is 18.2 Å². The number of benzene rings is 2. The minimum atomic E-state index is -0.852. The maximum atomic E-state index is 13.4. The number of fused-ring (bicyclic) bond motifs is 1. The number of amides is 1. The lowest BCUT2D eigenvalue weighted by Gasteiger charge is -2.07. The van der Waals surface area contributed by atoms with Crippen LogP contribution in [0.5, 0.6) is 5.75 Å². The second-order valence-electron chi connectivity index (χ2n) is 4.84. The highest BCUT2D eigenvalue weighted by Crippen LogP contribution is 2.17. The van der Waals surface area contributed by atoms with Crippen LogP contribution >= 0.6 is 0 Å². The van der Waals surface area contributed by atoms with Crippen LogP contribution in [0.4, 0.5) is 8.78 Å². The van der Waals surface area contributed by atoms with E-state index in [-0.39, 0.29) is 18.9 Å². The Kier molecular flexibility index (Phi) is 4.18. The molecule has 0 aliphatic carbocycles.